The Bertz CT molecular complexity index is 621. The molecule has 1 saturated heterocycles. The van der Waals surface area contributed by atoms with E-state index in [0.29, 0.717) is 36.8 Å². The van der Waals surface area contributed by atoms with Crippen molar-refractivity contribution in [2.24, 2.45) is 11.8 Å². The van der Waals surface area contributed by atoms with Gasteiger partial charge < -0.3 is 14.7 Å². The van der Waals surface area contributed by atoms with Gasteiger partial charge in [-0.3, -0.25) is 9.59 Å². The zero-order chi connectivity index (χ0) is 17.9. The minimum atomic E-state index is -0.867. The number of nitrogens with zero attached hydrogens (tertiary/aromatic N) is 2. The van der Waals surface area contributed by atoms with Crippen LogP contribution in [0.4, 0.5) is 0 Å². The predicted octanol–water partition coefficient (Wildman–Crippen LogP) is 3.10. The van der Waals surface area contributed by atoms with Gasteiger partial charge in [-0.05, 0) is 31.7 Å². The first kappa shape index (κ1) is 18.5. The Balaban J connectivity index is 2.13. The zero-order valence-corrected chi connectivity index (χ0v) is 14.9. The molecule has 2 unspecified atom stereocenters. The molecule has 0 radical (unpaired) electrons. The minimum absolute atomic E-state index is 0.0104. The van der Waals surface area contributed by atoms with Gasteiger partial charge in [0.25, 0.3) is 5.91 Å². The maximum absolute atomic E-state index is 12.7. The van der Waals surface area contributed by atoms with Crippen molar-refractivity contribution in [3.05, 3.63) is 22.8 Å². The van der Waals surface area contributed by atoms with Crippen molar-refractivity contribution in [3.8, 4) is 5.88 Å². The van der Waals surface area contributed by atoms with Crippen LogP contribution in [-0.4, -0.2) is 46.1 Å². The molecule has 132 valence electrons. The van der Waals surface area contributed by atoms with Crippen molar-refractivity contribution in [1.82, 2.24) is 9.88 Å². The fourth-order valence-corrected chi connectivity index (χ4v) is 2.87. The summed E-state index contributed by atoms with van der Waals surface area (Å²) >= 11 is 6.16. The van der Waals surface area contributed by atoms with E-state index in [2.05, 4.69) is 4.98 Å². The van der Waals surface area contributed by atoms with Gasteiger partial charge in [-0.15, -0.1) is 0 Å². The maximum Gasteiger partial charge on any atom is 0.308 e. The number of halogens is 1. The number of likely N-dealkylation sites (tertiary alicyclic amines) is 1. The molecule has 0 bridgehead atoms. The van der Waals surface area contributed by atoms with Crippen LogP contribution < -0.4 is 4.74 Å². The summed E-state index contributed by atoms with van der Waals surface area (Å²) in [5.41, 5.74) is 0.342. The van der Waals surface area contributed by atoms with Crippen molar-refractivity contribution < 1.29 is 19.4 Å². The number of carbonyl (C=O) groups is 2. The van der Waals surface area contributed by atoms with Gasteiger partial charge >= 0.3 is 5.97 Å². The van der Waals surface area contributed by atoms with Gasteiger partial charge in [0, 0.05) is 18.8 Å². The molecule has 24 heavy (non-hydrogen) atoms. The number of ether oxygens (including phenoxy) is 1. The molecular weight excluding hydrogens is 332 g/mol. The van der Waals surface area contributed by atoms with Gasteiger partial charge in [0.1, 0.15) is 5.02 Å². The van der Waals surface area contributed by atoms with Crippen LogP contribution in [0.3, 0.4) is 0 Å². The van der Waals surface area contributed by atoms with E-state index in [-0.39, 0.29) is 23.5 Å². The number of piperidine rings is 1. The maximum atomic E-state index is 12.7. The number of hydrogen-bond donors (Lipinski definition) is 1. The molecule has 0 aliphatic carbocycles. The second-order valence-corrected chi connectivity index (χ2v) is 7.04. The van der Waals surface area contributed by atoms with Crippen molar-refractivity contribution in [1.29, 1.82) is 0 Å². The SMILES string of the molecule is CC(C)COc1ncc(C(=O)N2CC(C(=O)O)CCC2C)cc1Cl. The quantitative estimate of drug-likeness (QED) is 0.878. The third-order valence-electron chi connectivity index (χ3n) is 4.10. The summed E-state index contributed by atoms with van der Waals surface area (Å²) < 4.78 is 5.50. The summed E-state index contributed by atoms with van der Waals surface area (Å²) in [4.78, 5) is 29.6. The topological polar surface area (TPSA) is 79.7 Å². The number of rotatable bonds is 5. The van der Waals surface area contributed by atoms with E-state index in [0.717, 1.165) is 0 Å². The number of aliphatic carboxylic acids is 1. The molecule has 1 aromatic heterocycles. The lowest BCUT2D eigenvalue weighted by Gasteiger charge is -2.36. The molecule has 0 aromatic carbocycles. The molecule has 1 aliphatic heterocycles. The fraction of sp³-hybridized carbons (Fsp3) is 0.588. The molecule has 2 heterocycles. The lowest BCUT2D eigenvalue weighted by Crippen LogP contribution is -2.47. The molecular formula is C17H23ClN2O4. The van der Waals surface area contributed by atoms with Crippen LogP contribution in [0.2, 0.25) is 5.02 Å². The average Bonchev–Trinajstić information content (AvgIpc) is 2.53. The van der Waals surface area contributed by atoms with E-state index in [1.54, 1.807) is 4.90 Å². The van der Waals surface area contributed by atoms with E-state index in [1.165, 1.54) is 12.3 Å². The highest BCUT2D eigenvalue weighted by molar-refractivity contribution is 6.32. The third-order valence-corrected chi connectivity index (χ3v) is 4.37. The number of aromatic nitrogens is 1. The Labute approximate surface area is 146 Å². The smallest absolute Gasteiger partial charge is 0.308 e. The minimum Gasteiger partial charge on any atom is -0.481 e. The standard InChI is InChI=1S/C17H23ClN2O4/c1-10(2)9-24-15-14(18)6-13(7-19-15)16(21)20-8-12(17(22)23)5-4-11(20)3/h6-7,10-12H,4-5,8-9H2,1-3H3,(H,22,23). The van der Waals surface area contributed by atoms with Gasteiger partial charge in [-0.25, -0.2) is 4.98 Å². The number of pyridine rings is 1. The van der Waals surface area contributed by atoms with E-state index in [4.69, 9.17) is 16.3 Å². The molecule has 2 rings (SSSR count). The van der Waals surface area contributed by atoms with Crippen molar-refractivity contribution in [2.75, 3.05) is 13.2 Å². The monoisotopic (exact) mass is 354 g/mol. The summed E-state index contributed by atoms with van der Waals surface area (Å²) in [5, 5.41) is 9.47. The van der Waals surface area contributed by atoms with Crippen molar-refractivity contribution in [3.63, 3.8) is 0 Å². The molecule has 6 nitrogen and oxygen atoms in total. The Morgan fingerprint density at radius 2 is 2.17 bits per heavy atom. The third kappa shape index (κ3) is 4.38. The second kappa shape index (κ2) is 7.83. The van der Waals surface area contributed by atoms with Gasteiger partial charge in [-0.1, -0.05) is 25.4 Å². The molecule has 1 N–H and O–H groups in total. The van der Waals surface area contributed by atoms with Crippen LogP contribution in [0.5, 0.6) is 5.88 Å². The molecule has 0 spiro atoms. The summed E-state index contributed by atoms with van der Waals surface area (Å²) in [6.07, 6.45) is 2.68. The average molecular weight is 355 g/mol. The highest BCUT2D eigenvalue weighted by Gasteiger charge is 2.33. The van der Waals surface area contributed by atoms with Gasteiger partial charge in [0.2, 0.25) is 5.88 Å². The van der Waals surface area contributed by atoms with E-state index >= 15 is 0 Å². The van der Waals surface area contributed by atoms with Crippen LogP contribution in [0.15, 0.2) is 12.3 Å². The highest BCUT2D eigenvalue weighted by atomic mass is 35.5. The molecule has 1 aliphatic rings. The predicted molar refractivity (Wildman–Crippen MR) is 90.4 cm³/mol. The van der Waals surface area contributed by atoms with Crippen LogP contribution in [-0.2, 0) is 4.79 Å². The number of carboxylic acids is 1. The number of hydrogen-bond acceptors (Lipinski definition) is 4. The molecule has 1 amide bonds. The Hall–Kier alpha value is -1.82. The molecule has 0 saturated carbocycles. The van der Waals surface area contributed by atoms with Crippen molar-refractivity contribution in [2.45, 2.75) is 39.7 Å². The molecule has 1 aromatic rings. The summed E-state index contributed by atoms with van der Waals surface area (Å²) in [6, 6.07) is 1.52. The van der Waals surface area contributed by atoms with E-state index in [1.807, 2.05) is 20.8 Å². The Morgan fingerprint density at radius 3 is 2.75 bits per heavy atom. The Morgan fingerprint density at radius 1 is 1.46 bits per heavy atom. The van der Waals surface area contributed by atoms with Crippen LogP contribution >= 0.6 is 11.6 Å². The summed E-state index contributed by atoms with van der Waals surface area (Å²) in [7, 11) is 0. The first-order valence-electron chi connectivity index (χ1n) is 8.11. The normalized spacial score (nSPS) is 21.0. The summed E-state index contributed by atoms with van der Waals surface area (Å²) in [6.45, 7) is 6.65. The first-order chi connectivity index (χ1) is 11.3. The largest absolute Gasteiger partial charge is 0.481 e. The van der Waals surface area contributed by atoms with Gasteiger partial charge in [0.15, 0.2) is 0 Å². The van der Waals surface area contributed by atoms with Crippen molar-refractivity contribution >= 4 is 23.5 Å². The second-order valence-electron chi connectivity index (χ2n) is 6.63. The molecule has 1 fully saturated rings. The number of carboxylic acid groups (broad SMARTS) is 1. The molecule has 2 atom stereocenters. The fourth-order valence-electron chi connectivity index (χ4n) is 2.65. The zero-order valence-electron chi connectivity index (χ0n) is 14.2. The lowest BCUT2D eigenvalue weighted by molar-refractivity contribution is -0.143. The van der Waals surface area contributed by atoms with Gasteiger partial charge in [-0.2, -0.15) is 0 Å². The van der Waals surface area contributed by atoms with Crippen LogP contribution in [0, 0.1) is 11.8 Å². The van der Waals surface area contributed by atoms with E-state index in [9.17, 15) is 14.7 Å². The van der Waals surface area contributed by atoms with Crippen LogP contribution in [0.1, 0.15) is 44.0 Å². The number of amides is 1. The first-order valence-corrected chi connectivity index (χ1v) is 8.49. The van der Waals surface area contributed by atoms with Gasteiger partial charge in [0.05, 0.1) is 18.1 Å². The summed E-state index contributed by atoms with van der Waals surface area (Å²) in [5.74, 6) is -1.00. The number of carbonyl (C=O) groups excluding carboxylic acids is 1. The lowest BCUT2D eigenvalue weighted by atomic mass is 9.93. The highest BCUT2D eigenvalue weighted by Crippen LogP contribution is 2.27. The van der Waals surface area contributed by atoms with E-state index < -0.39 is 11.9 Å². The molecule has 7 heteroatoms. The van der Waals surface area contributed by atoms with Crippen LogP contribution in [0.25, 0.3) is 0 Å². The Kier molecular flexibility index (Phi) is 6.04.